The second-order valence-corrected chi connectivity index (χ2v) is 6.05. The zero-order valence-electron chi connectivity index (χ0n) is 9.01. The highest BCUT2D eigenvalue weighted by molar-refractivity contribution is 9.10. The van der Waals surface area contributed by atoms with Crippen molar-refractivity contribution in [1.82, 2.24) is 5.32 Å². The molecule has 0 aliphatic rings. The van der Waals surface area contributed by atoms with Crippen LogP contribution in [0.4, 0.5) is 0 Å². The third-order valence-corrected chi connectivity index (χ3v) is 3.77. The van der Waals surface area contributed by atoms with Crippen LogP contribution in [-0.2, 0) is 6.54 Å². The van der Waals surface area contributed by atoms with Gasteiger partial charge >= 0.3 is 0 Å². The van der Waals surface area contributed by atoms with Crippen LogP contribution in [0.5, 0.6) is 0 Å². The molecule has 0 aromatic carbocycles. The fourth-order valence-electron chi connectivity index (χ4n) is 1.51. The van der Waals surface area contributed by atoms with Crippen LogP contribution in [0.25, 0.3) is 0 Å². The van der Waals surface area contributed by atoms with Crippen molar-refractivity contribution in [2.45, 2.75) is 39.8 Å². The van der Waals surface area contributed by atoms with E-state index in [9.17, 15) is 0 Å². The third-order valence-electron chi connectivity index (χ3n) is 2.07. The number of rotatable bonds is 5. The summed E-state index contributed by atoms with van der Waals surface area (Å²) < 4.78 is 1.19. The van der Waals surface area contributed by atoms with Gasteiger partial charge < -0.3 is 5.32 Å². The van der Waals surface area contributed by atoms with Crippen LogP contribution in [0.3, 0.4) is 0 Å². The highest BCUT2D eigenvalue weighted by Gasteiger charge is 2.04. The summed E-state index contributed by atoms with van der Waals surface area (Å²) in [5.74, 6) is 0.771. The van der Waals surface area contributed by atoms with E-state index >= 15 is 0 Å². The molecule has 1 unspecified atom stereocenters. The van der Waals surface area contributed by atoms with Gasteiger partial charge in [0.15, 0.2) is 0 Å². The molecule has 1 heterocycles. The summed E-state index contributed by atoms with van der Waals surface area (Å²) in [6, 6.07) is 2.79. The highest BCUT2D eigenvalue weighted by Crippen LogP contribution is 2.19. The lowest BCUT2D eigenvalue weighted by atomic mass is 10.1. The van der Waals surface area contributed by atoms with Crippen molar-refractivity contribution >= 4 is 27.3 Å². The summed E-state index contributed by atoms with van der Waals surface area (Å²) in [5, 5.41) is 5.66. The van der Waals surface area contributed by atoms with Gasteiger partial charge in [0.25, 0.3) is 0 Å². The predicted molar refractivity (Wildman–Crippen MR) is 67.8 cm³/mol. The van der Waals surface area contributed by atoms with Crippen LogP contribution in [0.2, 0.25) is 0 Å². The molecule has 1 aromatic heterocycles. The molecule has 0 radical (unpaired) electrons. The van der Waals surface area contributed by atoms with Crippen LogP contribution in [0.1, 0.15) is 32.1 Å². The predicted octanol–water partition coefficient (Wildman–Crippen LogP) is 4.03. The van der Waals surface area contributed by atoms with Crippen LogP contribution in [0, 0.1) is 5.92 Å². The normalized spacial score (nSPS) is 13.5. The zero-order valence-corrected chi connectivity index (χ0v) is 11.4. The standard InChI is InChI=1S/C11H18BrNS/c1-8(2)4-9(3)13-6-11-5-10(12)7-14-11/h5,7-9,13H,4,6H2,1-3H3. The van der Waals surface area contributed by atoms with Crippen molar-refractivity contribution in [1.29, 1.82) is 0 Å². The monoisotopic (exact) mass is 275 g/mol. The van der Waals surface area contributed by atoms with Gasteiger partial charge in [0.1, 0.15) is 0 Å². The number of nitrogens with one attached hydrogen (secondary N) is 1. The van der Waals surface area contributed by atoms with Crippen molar-refractivity contribution < 1.29 is 0 Å². The van der Waals surface area contributed by atoms with E-state index in [4.69, 9.17) is 0 Å². The van der Waals surface area contributed by atoms with Crippen molar-refractivity contribution in [3.63, 3.8) is 0 Å². The first kappa shape index (κ1) is 12.2. The molecule has 1 N–H and O–H groups in total. The lowest BCUT2D eigenvalue weighted by molar-refractivity contribution is 0.443. The Hall–Kier alpha value is 0.140. The summed E-state index contributed by atoms with van der Waals surface area (Å²) in [7, 11) is 0. The van der Waals surface area contributed by atoms with Gasteiger partial charge in [-0.15, -0.1) is 11.3 Å². The first-order valence-corrected chi connectivity index (χ1v) is 6.71. The molecule has 1 atom stereocenters. The Balaban J connectivity index is 2.26. The van der Waals surface area contributed by atoms with Gasteiger partial charge in [-0.1, -0.05) is 13.8 Å². The Bertz CT molecular complexity index is 270. The van der Waals surface area contributed by atoms with Gasteiger partial charge in [-0.3, -0.25) is 0 Å². The van der Waals surface area contributed by atoms with Gasteiger partial charge in [-0.2, -0.15) is 0 Å². The Labute approximate surface area is 99.0 Å². The van der Waals surface area contributed by atoms with E-state index in [1.807, 2.05) is 0 Å². The lowest BCUT2D eigenvalue weighted by Gasteiger charge is -2.14. The van der Waals surface area contributed by atoms with E-state index in [0.717, 1.165) is 12.5 Å². The van der Waals surface area contributed by atoms with Crippen LogP contribution >= 0.6 is 27.3 Å². The van der Waals surface area contributed by atoms with Crippen molar-refractivity contribution in [3.8, 4) is 0 Å². The fourth-order valence-corrected chi connectivity index (χ4v) is 2.91. The molecule has 0 aliphatic heterocycles. The quantitative estimate of drug-likeness (QED) is 0.856. The van der Waals surface area contributed by atoms with E-state index in [1.165, 1.54) is 15.8 Å². The number of hydrogen-bond donors (Lipinski definition) is 1. The molecule has 3 heteroatoms. The Kier molecular flexibility index (Phi) is 5.13. The molecular formula is C11H18BrNS. The summed E-state index contributed by atoms with van der Waals surface area (Å²) in [4.78, 5) is 1.40. The average molecular weight is 276 g/mol. The molecule has 1 rings (SSSR count). The van der Waals surface area contributed by atoms with E-state index in [1.54, 1.807) is 11.3 Å². The summed E-state index contributed by atoms with van der Waals surface area (Å²) in [6.07, 6.45) is 1.24. The maximum Gasteiger partial charge on any atom is 0.0302 e. The molecule has 0 bridgehead atoms. The lowest BCUT2D eigenvalue weighted by Crippen LogP contribution is -2.26. The smallest absolute Gasteiger partial charge is 0.0302 e. The summed E-state index contributed by atoms with van der Waals surface area (Å²) in [6.45, 7) is 7.77. The van der Waals surface area contributed by atoms with Gasteiger partial charge in [-0.05, 0) is 41.3 Å². The molecular weight excluding hydrogens is 258 g/mol. The van der Waals surface area contributed by atoms with E-state index in [0.29, 0.717) is 6.04 Å². The summed E-state index contributed by atoms with van der Waals surface area (Å²) in [5.41, 5.74) is 0. The number of hydrogen-bond acceptors (Lipinski definition) is 2. The maximum atomic E-state index is 3.53. The van der Waals surface area contributed by atoms with E-state index < -0.39 is 0 Å². The first-order valence-electron chi connectivity index (χ1n) is 5.04. The van der Waals surface area contributed by atoms with Gasteiger partial charge in [0.05, 0.1) is 0 Å². The van der Waals surface area contributed by atoms with Crippen molar-refractivity contribution in [2.75, 3.05) is 0 Å². The molecule has 0 amide bonds. The Morgan fingerprint density at radius 2 is 2.14 bits per heavy atom. The summed E-state index contributed by atoms with van der Waals surface area (Å²) >= 11 is 5.26. The topological polar surface area (TPSA) is 12.0 Å². The van der Waals surface area contributed by atoms with Crippen LogP contribution in [-0.4, -0.2) is 6.04 Å². The molecule has 0 saturated carbocycles. The maximum absolute atomic E-state index is 3.53. The minimum Gasteiger partial charge on any atom is -0.309 e. The molecule has 0 fully saturated rings. The number of thiophene rings is 1. The fraction of sp³-hybridized carbons (Fsp3) is 0.636. The van der Waals surface area contributed by atoms with E-state index in [-0.39, 0.29) is 0 Å². The molecule has 0 spiro atoms. The second kappa shape index (κ2) is 5.89. The van der Waals surface area contributed by atoms with E-state index in [2.05, 4.69) is 53.5 Å². The molecule has 0 saturated heterocycles. The molecule has 1 aromatic rings. The zero-order chi connectivity index (χ0) is 10.6. The van der Waals surface area contributed by atoms with Crippen molar-refractivity contribution in [3.05, 3.63) is 20.8 Å². The van der Waals surface area contributed by atoms with Crippen LogP contribution < -0.4 is 5.32 Å². The SMILES string of the molecule is CC(C)CC(C)NCc1cc(Br)cs1. The van der Waals surface area contributed by atoms with Gasteiger partial charge in [-0.25, -0.2) is 0 Å². The van der Waals surface area contributed by atoms with Gasteiger partial charge in [0, 0.05) is 27.3 Å². The minimum absolute atomic E-state index is 0.607. The Morgan fingerprint density at radius 3 is 2.64 bits per heavy atom. The largest absolute Gasteiger partial charge is 0.309 e. The Morgan fingerprint density at radius 1 is 1.43 bits per heavy atom. The third kappa shape index (κ3) is 4.58. The molecule has 80 valence electrons. The first-order chi connectivity index (χ1) is 6.58. The minimum atomic E-state index is 0.607. The number of halogens is 1. The molecule has 14 heavy (non-hydrogen) atoms. The average Bonchev–Trinajstić information content (AvgIpc) is 2.47. The second-order valence-electron chi connectivity index (χ2n) is 4.14. The molecule has 1 nitrogen and oxygen atoms in total. The highest BCUT2D eigenvalue weighted by atomic mass is 79.9. The molecule has 0 aliphatic carbocycles. The van der Waals surface area contributed by atoms with Gasteiger partial charge in [0.2, 0.25) is 0 Å². The van der Waals surface area contributed by atoms with Crippen molar-refractivity contribution in [2.24, 2.45) is 5.92 Å². The van der Waals surface area contributed by atoms with Crippen LogP contribution in [0.15, 0.2) is 15.9 Å².